The van der Waals surface area contributed by atoms with Gasteiger partial charge in [0.25, 0.3) is 10.1 Å². The van der Waals surface area contributed by atoms with Crippen molar-refractivity contribution in [2.45, 2.75) is 238 Å². The number of nitrogens with one attached hydrogen (secondary N) is 1. The van der Waals surface area contributed by atoms with Crippen molar-refractivity contribution >= 4 is 16.0 Å². The van der Waals surface area contributed by atoms with E-state index in [1.807, 2.05) is 6.08 Å². The van der Waals surface area contributed by atoms with Gasteiger partial charge >= 0.3 is 0 Å². The third-order valence-corrected chi connectivity index (χ3v) is 10.5. The van der Waals surface area contributed by atoms with Gasteiger partial charge in [0, 0.05) is 6.42 Å². The molecule has 0 aliphatic carbocycles. The van der Waals surface area contributed by atoms with E-state index < -0.39 is 28.0 Å². The maximum Gasteiger partial charge on any atom is 0.267 e. The van der Waals surface area contributed by atoms with Crippen LogP contribution in [-0.4, -0.2) is 41.9 Å². The second kappa shape index (κ2) is 35.9. The Balaban J connectivity index is 3.77. The molecule has 0 fully saturated rings. The van der Waals surface area contributed by atoms with Crippen LogP contribution in [0.1, 0.15) is 226 Å². The van der Waals surface area contributed by atoms with Crippen LogP contribution in [0.2, 0.25) is 0 Å². The van der Waals surface area contributed by atoms with Crippen LogP contribution < -0.4 is 5.32 Å². The van der Waals surface area contributed by atoms with E-state index in [1.165, 1.54) is 167 Å². The molecule has 0 aliphatic heterocycles. The van der Waals surface area contributed by atoms with Gasteiger partial charge < -0.3 is 10.4 Å². The minimum atomic E-state index is -4.33. The summed E-state index contributed by atoms with van der Waals surface area (Å²) in [5.74, 6) is -0.968. The zero-order valence-corrected chi connectivity index (χ0v) is 32.7. The zero-order chi connectivity index (χ0) is 35.4. The molecule has 0 saturated carbocycles. The quantitative estimate of drug-likeness (QED) is 0.0338. The third kappa shape index (κ3) is 36.4. The van der Waals surface area contributed by atoms with Crippen molar-refractivity contribution in [1.29, 1.82) is 0 Å². The highest BCUT2D eigenvalue weighted by Gasteiger charge is 2.24. The maximum absolute atomic E-state index is 12.5. The van der Waals surface area contributed by atoms with Gasteiger partial charge in [-0.3, -0.25) is 9.35 Å². The first-order chi connectivity index (χ1) is 23.3. The molecular weight excluding hydrogens is 619 g/mol. The first kappa shape index (κ1) is 47.1. The summed E-state index contributed by atoms with van der Waals surface area (Å²) in [6, 6.07) is -1.05. The number of amides is 1. The third-order valence-electron chi connectivity index (χ3n) is 9.71. The number of aliphatic hydroxyl groups excluding tert-OH is 1. The first-order valence-corrected chi connectivity index (χ1v) is 22.5. The number of hydrogen-bond donors (Lipinski definition) is 3. The molecule has 0 aromatic carbocycles. The summed E-state index contributed by atoms with van der Waals surface area (Å²) >= 11 is 0. The number of aliphatic hydroxyl groups is 1. The van der Waals surface area contributed by atoms with Gasteiger partial charge in [0.05, 0.1) is 17.9 Å². The molecule has 7 heteroatoms. The van der Waals surface area contributed by atoms with Crippen LogP contribution in [-0.2, 0) is 14.9 Å². The van der Waals surface area contributed by atoms with E-state index >= 15 is 0 Å². The van der Waals surface area contributed by atoms with Crippen LogP contribution in [0.3, 0.4) is 0 Å². The number of rotatable bonds is 38. The highest BCUT2D eigenvalue weighted by Crippen LogP contribution is 2.16. The van der Waals surface area contributed by atoms with Crippen LogP contribution in [0.15, 0.2) is 12.2 Å². The summed E-state index contributed by atoms with van der Waals surface area (Å²) in [6.45, 7) is 4.51. The van der Waals surface area contributed by atoms with E-state index in [0.717, 1.165) is 38.5 Å². The molecule has 0 saturated heterocycles. The van der Waals surface area contributed by atoms with E-state index in [9.17, 15) is 22.9 Å². The summed E-state index contributed by atoms with van der Waals surface area (Å²) < 4.78 is 32.4. The van der Waals surface area contributed by atoms with Gasteiger partial charge in [0.1, 0.15) is 0 Å². The van der Waals surface area contributed by atoms with Crippen molar-refractivity contribution in [3.05, 3.63) is 12.2 Å². The average Bonchev–Trinajstić information content (AvgIpc) is 3.05. The van der Waals surface area contributed by atoms with Gasteiger partial charge in [0.15, 0.2) is 0 Å². The second-order valence-corrected chi connectivity index (χ2v) is 16.1. The van der Waals surface area contributed by atoms with Crippen LogP contribution in [0, 0.1) is 0 Å². The van der Waals surface area contributed by atoms with Crippen molar-refractivity contribution < 1.29 is 22.9 Å². The molecule has 0 bridgehead atoms. The van der Waals surface area contributed by atoms with Crippen LogP contribution in [0.4, 0.5) is 0 Å². The lowest BCUT2D eigenvalue weighted by atomic mass is 10.0. The topological polar surface area (TPSA) is 104 Å². The Hall–Kier alpha value is -0.920. The summed E-state index contributed by atoms with van der Waals surface area (Å²) in [7, 11) is -4.33. The molecule has 0 heterocycles. The fourth-order valence-electron chi connectivity index (χ4n) is 6.57. The van der Waals surface area contributed by atoms with Gasteiger partial charge in [-0.2, -0.15) is 8.42 Å². The fourth-order valence-corrected chi connectivity index (χ4v) is 7.30. The molecule has 6 nitrogen and oxygen atoms in total. The molecule has 0 spiro atoms. The van der Waals surface area contributed by atoms with Gasteiger partial charge in [-0.15, -0.1) is 0 Å². The Bertz CT molecular complexity index is 816. The van der Waals surface area contributed by atoms with Crippen LogP contribution in [0.25, 0.3) is 0 Å². The van der Waals surface area contributed by atoms with Crippen molar-refractivity contribution in [1.82, 2.24) is 5.32 Å². The average molecular weight is 700 g/mol. The van der Waals surface area contributed by atoms with Gasteiger partial charge in [-0.25, -0.2) is 0 Å². The monoisotopic (exact) mass is 700 g/mol. The molecule has 0 aromatic heterocycles. The Morgan fingerprint density at radius 2 is 0.854 bits per heavy atom. The second-order valence-electron chi connectivity index (χ2n) is 14.6. The van der Waals surface area contributed by atoms with E-state index in [0.29, 0.717) is 6.42 Å². The largest absolute Gasteiger partial charge is 0.387 e. The molecule has 1 amide bonds. The number of carbonyl (C=O) groups excluding carboxylic acids is 1. The molecule has 2 atom stereocenters. The predicted octanol–water partition coefficient (Wildman–Crippen LogP) is 12.2. The highest BCUT2D eigenvalue weighted by molar-refractivity contribution is 7.85. The molecule has 0 aromatic rings. The summed E-state index contributed by atoms with van der Waals surface area (Å²) in [5, 5.41) is 13.2. The highest BCUT2D eigenvalue weighted by atomic mass is 32.2. The molecular formula is C41H81NO5S. The molecule has 0 rings (SSSR count). The fraction of sp³-hybridized carbons (Fsp3) is 0.927. The van der Waals surface area contributed by atoms with E-state index in [1.54, 1.807) is 6.08 Å². The number of carbonyl (C=O) groups is 1. The normalized spacial score (nSPS) is 13.3. The molecule has 0 aliphatic rings. The maximum atomic E-state index is 12.5. The number of unbranched alkanes of at least 4 members (excludes halogenated alkanes) is 30. The Morgan fingerprint density at radius 1 is 0.542 bits per heavy atom. The molecule has 286 valence electrons. The van der Waals surface area contributed by atoms with E-state index in [2.05, 4.69) is 19.2 Å². The van der Waals surface area contributed by atoms with Gasteiger partial charge in [-0.05, 0) is 19.3 Å². The molecule has 48 heavy (non-hydrogen) atoms. The van der Waals surface area contributed by atoms with Gasteiger partial charge in [0.2, 0.25) is 5.91 Å². The standard InChI is InChI=1S/C41H81NO5S/c1-3-5-7-9-11-13-15-16-17-18-19-20-21-22-23-24-25-27-29-31-33-35-37-41(44)42-39(38-48(45,46)47)40(43)36-34-32-30-28-26-14-12-10-8-6-4-2/h34,36,39-40,43H,3-33,35,37-38H2,1-2H3,(H,42,44)(H,45,46,47)/b36-34+. The minimum Gasteiger partial charge on any atom is -0.387 e. The first-order valence-electron chi connectivity index (χ1n) is 20.9. The predicted molar refractivity (Wildman–Crippen MR) is 207 cm³/mol. The van der Waals surface area contributed by atoms with Crippen molar-refractivity contribution in [3.63, 3.8) is 0 Å². The Kier molecular flexibility index (Phi) is 35.2. The van der Waals surface area contributed by atoms with Gasteiger partial charge in [-0.1, -0.05) is 212 Å². The van der Waals surface area contributed by atoms with Crippen molar-refractivity contribution in [2.24, 2.45) is 0 Å². The van der Waals surface area contributed by atoms with E-state index in [4.69, 9.17) is 0 Å². The summed E-state index contributed by atoms with van der Waals surface area (Å²) in [5.41, 5.74) is 0. The molecule has 3 N–H and O–H groups in total. The lowest BCUT2D eigenvalue weighted by molar-refractivity contribution is -0.122. The summed E-state index contributed by atoms with van der Waals surface area (Å²) in [4.78, 5) is 12.5. The van der Waals surface area contributed by atoms with Crippen molar-refractivity contribution in [3.8, 4) is 0 Å². The van der Waals surface area contributed by atoms with E-state index in [-0.39, 0.29) is 5.91 Å². The lowest BCUT2D eigenvalue weighted by Gasteiger charge is -2.21. The smallest absolute Gasteiger partial charge is 0.267 e. The Morgan fingerprint density at radius 3 is 1.19 bits per heavy atom. The van der Waals surface area contributed by atoms with Crippen molar-refractivity contribution in [2.75, 3.05) is 5.75 Å². The SMILES string of the molecule is CCCCCCCCCCC/C=C/C(O)C(CS(=O)(=O)O)NC(=O)CCCCCCCCCCCCCCCCCCCCCCCC. The molecule has 2 unspecified atom stereocenters. The number of hydrogen-bond acceptors (Lipinski definition) is 4. The minimum absolute atomic E-state index is 0.275. The number of allylic oxidation sites excluding steroid dienone is 1. The Labute approximate surface area is 299 Å². The van der Waals surface area contributed by atoms with Crippen LogP contribution >= 0.6 is 0 Å². The molecule has 0 radical (unpaired) electrons. The summed E-state index contributed by atoms with van der Waals surface area (Å²) in [6.07, 6.45) is 43.5. The zero-order valence-electron chi connectivity index (χ0n) is 31.9. The van der Waals surface area contributed by atoms with Crippen LogP contribution in [0.5, 0.6) is 0 Å². The lowest BCUT2D eigenvalue weighted by Crippen LogP contribution is -2.46.